The van der Waals surface area contributed by atoms with Crippen molar-refractivity contribution >= 4 is 29.0 Å². The zero-order valence-electron chi connectivity index (χ0n) is 8.93. The molecule has 0 bridgehead atoms. The fourth-order valence-electron chi connectivity index (χ4n) is 1.29. The normalized spacial score (nSPS) is 10.4. The third kappa shape index (κ3) is 3.86. The molecule has 0 aliphatic carbocycles. The molecule has 0 saturated heterocycles. The number of pyridine rings is 1. The summed E-state index contributed by atoms with van der Waals surface area (Å²) < 4.78 is 0. The van der Waals surface area contributed by atoms with E-state index in [9.17, 15) is 0 Å². The molecule has 84 valence electrons. The molecule has 0 unspecified atom stereocenters. The molecule has 15 heavy (non-hydrogen) atoms. The summed E-state index contributed by atoms with van der Waals surface area (Å²) >= 11 is 11.8. The number of hydrogen-bond donors (Lipinski definition) is 1. The molecule has 1 N–H and O–H groups in total. The fraction of sp³-hybridized carbons (Fsp3) is 0.500. The summed E-state index contributed by atoms with van der Waals surface area (Å²) in [6.45, 7) is 1.89. The van der Waals surface area contributed by atoms with Crippen LogP contribution in [-0.2, 0) is 0 Å². The lowest BCUT2D eigenvalue weighted by Gasteiger charge is -2.19. The van der Waals surface area contributed by atoms with E-state index in [1.807, 2.05) is 19.0 Å². The predicted molar refractivity (Wildman–Crippen MR) is 66.1 cm³/mol. The van der Waals surface area contributed by atoms with Crippen LogP contribution < -0.4 is 10.2 Å². The molecule has 0 fully saturated rings. The van der Waals surface area contributed by atoms with Crippen molar-refractivity contribution in [3.63, 3.8) is 0 Å². The zero-order chi connectivity index (χ0) is 11.3. The number of aromatic nitrogens is 1. The van der Waals surface area contributed by atoms with Crippen LogP contribution in [0.4, 0.5) is 5.82 Å². The van der Waals surface area contributed by atoms with Crippen molar-refractivity contribution in [3.8, 4) is 0 Å². The molecule has 1 heterocycles. The number of hydrogen-bond acceptors (Lipinski definition) is 3. The summed E-state index contributed by atoms with van der Waals surface area (Å²) in [4.78, 5) is 6.22. The molecule has 0 radical (unpaired) electrons. The highest BCUT2D eigenvalue weighted by Gasteiger charge is 2.07. The van der Waals surface area contributed by atoms with Crippen LogP contribution in [0.1, 0.15) is 6.42 Å². The second kappa shape index (κ2) is 6.16. The fourth-order valence-corrected chi connectivity index (χ4v) is 1.81. The van der Waals surface area contributed by atoms with Gasteiger partial charge in [0.25, 0.3) is 0 Å². The van der Waals surface area contributed by atoms with E-state index in [0.717, 1.165) is 25.3 Å². The minimum Gasteiger partial charge on any atom is -0.358 e. The second-order valence-corrected chi connectivity index (χ2v) is 4.18. The van der Waals surface area contributed by atoms with Gasteiger partial charge in [-0.2, -0.15) is 0 Å². The average Bonchev–Trinajstić information content (AvgIpc) is 2.17. The number of nitrogens with one attached hydrogen (secondary N) is 1. The van der Waals surface area contributed by atoms with Crippen LogP contribution in [0.5, 0.6) is 0 Å². The quantitative estimate of drug-likeness (QED) is 0.811. The molecule has 0 aromatic carbocycles. The van der Waals surface area contributed by atoms with Crippen molar-refractivity contribution in [2.75, 3.05) is 32.1 Å². The number of rotatable bonds is 5. The Labute approximate surface area is 100 Å². The molecule has 1 aromatic rings. The summed E-state index contributed by atoms with van der Waals surface area (Å²) in [5.74, 6) is 0.775. The Morgan fingerprint density at radius 1 is 1.47 bits per heavy atom. The van der Waals surface area contributed by atoms with Crippen molar-refractivity contribution in [1.29, 1.82) is 0 Å². The molecule has 1 rings (SSSR count). The predicted octanol–water partition coefficient (Wildman–Crippen LogP) is 2.43. The third-order valence-corrected chi connectivity index (χ3v) is 2.56. The minimum atomic E-state index is 0.562. The van der Waals surface area contributed by atoms with Crippen LogP contribution in [0, 0.1) is 0 Å². The standard InChI is InChI=1S/C10H15Cl2N3/c1-13-4-3-5-15(2)10-9(12)6-8(11)7-14-10/h6-7,13H,3-5H2,1-2H3. The van der Waals surface area contributed by atoms with E-state index in [-0.39, 0.29) is 0 Å². The summed E-state index contributed by atoms with van der Waals surface area (Å²) in [7, 11) is 3.91. The van der Waals surface area contributed by atoms with Crippen LogP contribution >= 0.6 is 23.2 Å². The van der Waals surface area contributed by atoms with Gasteiger partial charge in [0.1, 0.15) is 5.82 Å². The van der Waals surface area contributed by atoms with E-state index in [2.05, 4.69) is 10.3 Å². The van der Waals surface area contributed by atoms with E-state index < -0.39 is 0 Å². The highest BCUT2D eigenvalue weighted by molar-refractivity contribution is 6.35. The maximum absolute atomic E-state index is 6.03. The number of halogens is 2. The van der Waals surface area contributed by atoms with Gasteiger partial charge in [-0.15, -0.1) is 0 Å². The first kappa shape index (κ1) is 12.6. The first-order valence-electron chi connectivity index (χ1n) is 4.82. The van der Waals surface area contributed by atoms with Crippen LogP contribution in [0.3, 0.4) is 0 Å². The first-order chi connectivity index (χ1) is 7.15. The van der Waals surface area contributed by atoms with Gasteiger partial charge in [0.15, 0.2) is 0 Å². The third-order valence-electron chi connectivity index (χ3n) is 2.07. The van der Waals surface area contributed by atoms with Gasteiger partial charge in [-0.1, -0.05) is 23.2 Å². The SMILES string of the molecule is CNCCCN(C)c1ncc(Cl)cc1Cl. The van der Waals surface area contributed by atoms with Gasteiger partial charge in [0, 0.05) is 19.8 Å². The van der Waals surface area contributed by atoms with Crippen LogP contribution in [0.25, 0.3) is 0 Å². The molecular formula is C10H15Cl2N3. The second-order valence-electron chi connectivity index (χ2n) is 3.34. The van der Waals surface area contributed by atoms with Crippen molar-refractivity contribution < 1.29 is 0 Å². The summed E-state index contributed by atoms with van der Waals surface area (Å²) in [5, 5.41) is 4.25. The molecule has 0 saturated carbocycles. The Morgan fingerprint density at radius 3 is 2.80 bits per heavy atom. The van der Waals surface area contributed by atoms with E-state index in [1.165, 1.54) is 0 Å². The van der Waals surface area contributed by atoms with Crippen molar-refractivity contribution in [3.05, 3.63) is 22.3 Å². The maximum atomic E-state index is 6.03. The Kier molecular flexibility index (Phi) is 5.15. The smallest absolute Gasteiger partial charge is 0.147 e. The molecule has 0 atom stereocenters. The molecule has 0 amide bonds. The van der Waals surface area contributed by atoms with Gasteiger partial charge in [-0.05, 0) is 26.1 Å². The number of nitrogens with zero attached hydrogens (tertiary/aromatic N) is 2. The molecule has 0 aliphatic heterocycles. The molecule has 3 nitrogen and oxygen atoms in total. The summed E-state index contributed by atoms with van der Waals surface area (Å²) in [6.07, 6.45) is 2.66. The van der Waals surface area contributed by atoms with Gasteiger partial charge < -0.3 is 10.2 Å². The van der Waals surface area contributed by atoms with E-state index in [4.69, 9.17) is 23.2 Å². The monoisotopic (exact) mass is 247 g/mol. The average molecular weight is 248 g/mol. The maximum Gasteiger partial charge on any atom is 0.147 e. The van der Waals surface area contributed by atoms with Gasteiger partial charge in [0.05, 0.1) is 10.0 Å². The molecule has 1 aromatic heterocycles. The Morgan fingerprint density at radius 2 is 2.20 bits per heavy atom. The van der Waals surface area contributed by atoms with Crippen molar-refractivity contribution in [1.82, 2.24) is 10.3 Å². The molecule has 5 heteroatoms. The largest absolute Gasteiger partial charge is 0.358 e. The van der Waals surface area contributed by atoms with E-state index >= 15 is 0 Å². The zero-order valence-corrected chi connectivity index (χ0v) is 10.4. The lowest BCUT2D eigenvalue weighted by molar-refractivity contribution is 0.709. The minimum absolute atomic E-state index is 0.562. The highest BCUT2D eigenvalue weighted by Crippen LogP contribution is 2.24. The molecule has 0 aliphatic rings. The Bertz CT molecular complexity index is 318. The molecular weight excluding hydrogens is 233 g/mol. The van der Waals surface area contributed by atoms with Gasteiger partial charge >= 0.3 is 0 Å². The Hall–Kier alpha value is -0.510. The number of anilines is 1. The van der Waals surface area contributed by atoms with Crippen LogP contribution in [0.15, 0.2) is 12.3 Å². The topological polar surface area (TPSA) is 28.2 Å². The van der Waals surface area contributed by atoms with Crippen molar-refractivity contribution in [2.45, 2.75) is 6.42 Å². The van der Waals surface area contributed by atoms with Gasteiger partial charge in [-0.3, -0.25) is 0 Å². The highest BCUT2D eigenvalue weighted by atomic mass is 35.5. The van der Waals surface area contributed by atoms with Gasteiger partial charge in [0.2, 0.25) is 0 Å². The lowest BCUT2D eigenvalue weighted by atomic mass is 10.3. The summed E-state index contributed by atoms with van der Waals surface area (Å²) in [6, 6.07) is 1.71. The summed E-state index contributed by atoms with van der Waals surface area (Å²) in [5.41, 5.74) is 0. The van der Waals surface area contributed by atoms with Crippen LogP contribution in [0.2, 0.25) is 10.0 Å². The van der Waals surface area contributed by atoms with Gasteiger partial charge in [-0.25, -0.2) is 4.98 Å². The van der Waals surface area contributed by atoms with Crippen molar-refractivity contribution in [2.24, 2.45) is 0 Å². The lowest BCUT2D eigenvalue weighted by Crippen LogP contribution is -2.23. The Balaban J connectivity index is 2.61. The van der Waals surface area contributed by atoms with E-state index in [1.54, 1.807) is 12.3 Å². The first-order valence-corrected chi connectivity index (χ1v) is 5.57. The van der Waals surface area contributed by atoms with Crippen LogP contribution in [-0.4, -0.2) is 32.2 Å². The molecule has 0 spiro atoms. The van der Waals surface area contributed by atoms with E-state index in [0.29, 0.717) is 10.0 Å².